The molecule has 1 heteroatoms. The zero-order valence-corrected chi connectivity index (χ0v) is 13.9. The summed E-state index contributed by atoms with van der Waals surface area (Å²) in [5, 5.41) is 0. The molecular weight excluding hydrogens is 264 g/mol. The molecule has 4 aliphatic rings. The second kappa shape index (κ2) is 4.90. The third-order valence-electron chi connectivity index (χ3n) is 5.09. The van der Waals surface area contributed by atoms with Crippen molar-refractivity contribution in [2.75, 3.05) is 0 Å². The van der Waals surface area contributed by atoms with Crippen LogP contribution in [0.5, 0.6) is 0 Å². The van der Waals surface area contributed by atoms with Gasteiger partial charge in [-0.25, -0.2) is 0 Å². The summed E-state index contributed by atoms with van der Waals surface area (Å²) < 4.78 is 0.353. The molecular formula is C18H23Ti. The predicted octanol–water partition coefficient (Wildman–Crippen LogP) is 5.43. The van der Waals surface area contributed by atoms with Crippen LogP contribution in [-0.4, -0.2) is 0 Å². The molecule has 0 spiro atoms. The summed E-state index contributed by atoms with van der Waals surface area (Å²) >= 11 is 2.45. The van der Waals surface area contributed by atoms with E-state index in [0.29, 0.717) is 3.72 Å². The van der Waals surface area contributed by atoms with Crippen LogP contribution in [0.1, 0.15) is 52.9 Å². The summed E-state index contributed by atoms with van der Waals surface area (Å²) in [7, 11) is 0. The summed E-state index contributed by atoms with van der Waals surface area (Å²) in [6.45, 7) is 7.11. The van der Waals surface area contributed by atoms with Crippen LogP contribution in [0.2, 0.25) is 3.72 Å². The molecule has 99 valence electrons. The van der Waals surface area contributed by atoms with Crippen molar-refractivity contribution in [2.45, 2.75) is 56.6 Å². The summed E-state index contributed by atoms with van der Waals surface area (Å²) in [6, 6.07) is 0. The molecule has 0 saturated carbocycles. The van der Waals surface area contributed by atoms with Gasteiger partial charge in [-0.2, -0.15) is 0 Å². The van der Waals surface area contributed by atoms with E-state index in [0.717, 1.165) is 5.92 Å². The van der Waals surface area contributed by atoms with Gasteiger partial charge >= 0.3 is 129 Å². The molecule has 0 aromatic heterocycles. The molecule has 0 aromatic rings. The van der Waals surface area contributed by atoms with Crippen molar-refractivity contribution in [3.05, 3.63) is 46.1 Å². The zero-order chi connectivity index (χ0) is 13.6. The van der Waals surface area contributed by atoms with Crippen LogP contribution in [0.15, 0.2) is 46.1 Å². The standard InChI is InChI=1S/C18H23.Ti/c1-4-7-16-17-12(2)15(18(16)13(17)3)11-10-14-8-5-6-9-14;/h5-6,8,16H,4,7,9-11H2,1-3H3;. The third kappa shape index (κ3) is 1.99. The Labute approximate surface area is 129 Å². The Morgan fingerprint density at radius 3 is 2.79 bits per heavy atom. The van der Waals surface area contributed by atoms with Gasteiger partial charge in [0.2, 0.25) is 0 Å². The fourth-order valence-corrected chi connectivity index (χ4v) is 5.22. The summed E-state index contributed by atoms with van der Waals surface area (Å²) in [4.78, 5) is 0. The van der Waals surface area contributed by atoms with E-state index in [-0.39, 0.29) is 0 Å². The fourth-order valence-electron chi connectivity index (χ4n) is 4.25. The van der Waals surface area contributed by atoms with E-state index in [1.54, 1.807) is 27.9 Å². The van der Waals surface area contributed by atoms with Crippen LogP contribution in [0.4, 0.5) is 0 Å². The maximum atomic E-state index is 2.45. The Morgan fingerprint density at radius 2 is 2.16 bits per heavy atom. The molecule has 0 aliphatic heterocycles. The summed E-state index contributed by atoms with van der Waals surface area (Å²) in [6.07, 6.45) is 13.2. The van der Waals surface area contributed by atoms with Crippen molar-refractivity contribution in [1.29, 1.82) is 0 Å². The van der Waals surface area contributed by atoms with Gasteiger partial charge in [-0.3, -0.25) is 0 Å². The molecule has 2 unspecified atom stereocenters. The molecule has 4 aliphatic carbocycles. The fraction of sp³-hybridized carbons (Fsp3) is 0.556. The van der Waals surface area contributed by atoms with Gasteiger partial charge in [-0.1, -0.05) is 0 Å². The first-order valence-electron chi connectivity index (χ1n) is 7.62. The van der Waals surface area contributed by atoms with Gasteiger partial charge in [-0.05, 0) is 0 Å². The van der Waals surface area contributed by atoms with Crippen molar-refractivity contribution in [2.24, 2.45) is 5.92 Å². The first-order valence-corrected chi connectivity index (χ1v) is 8.40. The second-order valence-electron chi connectivity index (χ2n) is 6.35. The van der Waals surface area contributed by atoms with E-state index in [2.05, 4.69) is 59.4 Å². The van der Waals surface area contributed by atoms with Gasteiger partial charge in [0.1, 0.15) is 0 Å². The average molecular weight is 287 g/mol. The quantitative estimate of drug-likeness (QED) is 0.591. The third-order valence-corrected chi connectivity index (χ3v) is 5.99. The van der Waals surface area contributed by atoms with Crippen LogP contribution in [-0.2, 0) is 20.4 Å². The topological polar surface area (TPSA) is 0 Å². The Bertz CT molecular complexity index is 526. The van der Waals surface area contributed by atoms with E-state index >= 15 is 0 Å². The molecule has 2 bridgehead atoms. The van der Waals surface area contributed by atoms with Crippen LogP contribution in [0.25, 0.3) is 0 Å². The molecule has 0 amide bonds. The number of fused-ring (bicyclic) bond motifs is 1. The monoisotopic (exact) mass is 287 g/mol. The number of hydrogen-bond acceptors (Lipinski definition) is 0. The normalized spacial score (nSPS) is 32.1. The van der Waals surface area contributed by atoms with Crippen molar-refractivity contribution < 1.29 is 20.4 Å². The molecule has 0 radical (unpaired) electrons. The number of rotatable bonds is 5. The van der Waals surface area contributed by atoms with Crippen LogP contribution in [0, 0.1) is 5.92 Å². The van der Waals surface area contributed by atoms with Crippen LogP contribution >= 0.6 is 0 Å². The van der Waals surface area contributed by atoms with Gasteiger partial charge in [0.25, 0.3) is 0 Å². The van der Waals surface area contributed by atoms with Gasteiger partial charge in [-0.15, -0.1) is 0 Å². The first-order chi connectivity index (χ1) is 9.07. The maximum absolute atomic E-state index is 2.45. The Hall–Kier alpha value is -0.326. The van der Waals surface area contributed by atoms with Crippen molar-refractivity contribution >= 4 is 0 Å². The van der Waals surface area contributed by atoms with Crippen LogP contribution < -0.4 is 0 Å². The number of hydrogen-bond donors (Lipinski definition) is 0. The molecule has 0 heterocycles. The van der Waals surface area contributed by atoms with E-state index < -0.39 is 0 Å². The molecule has 19 heavy (non-hydrogen) atoms. The predicted molar refractivity (Wildman–Crippen MR) is 77.6 cm³/mol. The Balaban J connectivity index is 1.78. The van der Waals surface area contributed by atoms with Gasteiger partial charge in [0.05, 0.1) is 0 Å². The van der Waals surface area contributed by atoms with Crippen LogP contribution in [0.3, 0.4) is 0 Å². The number of allylic oxidation sites excluding steroid dienone is 8. The summed E-state index contributed by atoms with van der Waals surface area (Å²) in [5.41, 5.74) is 8.51. The van der Waals surface area contributed by atoms with E-state index in [1.807, 2.05) is 0 Å². The molecule has 0 aromatic carbocycles. The van der Waals surface area contributed by atoms with E-state index in [9.17, 15) is 0 Å². The Kier molecular flexibility index (Phi) is 3.52. The van der Waals surface area contributed by atoms with Crippen molar-refractivity contribution in [3.8, 4) is 0 Å². The Morgan fingerprint density at radius 1 is 1.37 bits per heavy atom. The molecule has 2 atom stereocenters. The molecule has 0 nitrogen and oxygen atoms in total. The molecule has 0 N–H and O–H groups in total. The van der Waals surface area contributed by atoms with Gasteiger partial charge < -0.3 is 0 Å². The molecule has 0 fully saturated rings. The zero-order valence-electron chi connectivity index (χ0n) is 12.3. The molecule has 4 rings (SSSR count). The van der Waals surface area contributed by atoms with Crippen molar-refractivity contribution in [3.63, 3.8) is 0 Å². The first kappa shape index (κ1) is 13.6. The minimum absolute atomic E-state index is 0.353. The second-order valence-corrected chi connectivity index (χ2v) is 7.92. The van der Waals surface area contributed by atoms with Crippen molar-refractivity contribution in [1.82, 2.24) is 0 Å². The molecule has 0 saturated heterocycles. The SMILES string of the molecule is CCCC1C2=C(CCC3=CC=CC3)[C](C)([Ti])C1=C2C. The van der Waals surface area contributed by atoms with E-state index in [4.69, 9.17) is 0 Å². The van der Waals surface area contributed by atoms with Gasteiger partial charge in [0, 0.05) is 0 Å². The van der Waals surface area contributed by atoms with Gasteiger partial charge in [0.15, 0.2) is 0 Å². The minimum atomic E-state index is 0.353. The van der Waals surface area contributed by atoms with E-state index in [1.165, 1.54) is 32.1 Å². The average Bonchev–Trinajstić information content (AvgIpc) is 2.97. The summed E-state index contributed by atoms with van der Waals surface area (Å²) in [5.74, 6) is 0.811.